The number of nitrogens with two attached hydrogens (primary N) is 1. The molecule has 16 heavy (non-hydrogen) atoms. The number of nitrogens with one attached hydrogen (secondary N) is 1. The number of hydrogen-bond acceptors (Lipinski definition) is 0. The van der Waals surface area contributed by atoms with E-state index in [9.17, 15) is 0 Å². The average molecular weight is 267 g/mol. The van der Waals surface area contributed by atoms with Crippen LogP contribution in [0.15, 0.2) is 10.7 Å². The van der Waals surface area contributed by atoms with Crippen LogP contribution in [0, 0.1) is 5.92 Å². The smallest absolute Gasteiger partial charge is 0.249 e. The second kappa shape index (κ2) is 9.98. The molecule has 0 heterocycles. The number of amidine groups is 1. The third-order valence-corrected chi connectivity index (χ3v) is 2.92. The predicted molar refractivity (Wildman–Crippen MR) is 67.7 cm³/mol. The Morgan fingerprint density at radius 3 is 2.31 bits per heavy atom. The lowest BCUT2D eigenvalue weighted by Gasteiger charge is -2.04. The fraction of sp³-hybridized carbons (Fsp3) is 0.750. The summed E-state index contributed by atoms with van der Waals surface area (Å²) in [6.45, 7) is 8.45. The van der Waals surface area contributed by atoms with Crippen LogP contribution in [0.3, 0.4) is 0 Å². The Kier molecular flexibility index (Phi) is 11.3. The summed E-state index contributed by atoms with van der Waals surface area (Å²) in [5, 5.41) is 0.692. The molecule has 0 aromatic carbocycles. The molecule has 3 N–H and O–H groups in total. The van der Waals surface area contributed by atoms with Crippen LogP contribution in [-0.4, -0.2) is 5.84 Å². The van der Waals surface area contributed by atoms with E-state index in [2.05, 4.69) is 25.8 Å². The van der Waals surface area contributed by atoms with Gasteiger partial charge in [-0.05, 0) is 36.9 Å². The molecule has 0 amide bonds. The summed E-state index contributed by atoms with van der Waals surface area (Å²) in [5.74, 6) is 1.15. The molecule has 0 spiro atoms. The Morgan fingerprint density at radius 1 is 1.31 bits per heavy atom. The molecule has 4 heteroatoms. The van der Waals surface area contributed by atoms with Crippen LogP contribution >= 0.6 is 11.6 Å². The molecule has 0 aliphatic heterocycles. The lowest BCUT2D eigenvalue weighted by molar-refractivity contribution is -0.389. The van der Waals surface area contributed by atoms with Crippen molar-refractivity contribution >= 4 is 17.4 Å². The molecular weight excluding hydrogens is 243 g/mol. The highest BCUT2D eigenvalue weighted by atomic mass is 35.5. The van der Waals surface area contributed by atoms with Crippen LogP contribution in [0.1, 0.15) is 53.4 Å². The van der Waals surface area contributed by atoms with Gasteiger partial charge < -0.3 is 12.4 Å². The number of allylic oxidation sites excluding steroid dienone is 1. The van der Waals surface area contributed by atoms with Gasteiger partial charge in [0.25, 0.3) is 0 Å². The maximum absolute atomic E-state index is 6.12. The normalized spacial score (nSPS) is 15.2. The largest absolute Gasteiger partial charge is 1.00 e. The topological polar surface area (TPSA) is 40.0 Å². The monoisotopic (exact) mass is 266 g/mol. The van der Waals surface area contributed by atoms with E-state index in [0.29, 0.717) is 11.1 Å². The van der Waals surface area contributed by atoms with Crippen LogP contribution in [0.2, 0.25) is 0 Å². The van der Waals surface area contributed by atoms with Gasteiger partial charge in [0.1, 0.15) is 0 Å². The average Bonchev–Trinajstić information content (AvgIpc) is 2.18. The molecule has 1 atom stereocenters. The van der Waals surface area contributed by atoms with Gasteiger partial charge in [-0.1, -0.05) is 33.6 Å². The van der Waals surface area contributed by atoms with Crippen molar-refractivity contribution in [1.29, 1.82) is 0 Å². The molecule has 1 unspecified atom stereocenters. The van der Waals surface area contributed by atoms with Crippen molar-refractivity contribution in [3.05, 3.63) is 10.7 Å². The highest BCUT2D eigenvalue weighted by molar-refractivity contribution is 6.28. The summed E-state index contributed by atoms with van der Waals surface area (Å²) >= 11 is 6.12. The third kappa shape index (κ3) is 7.13. The summed E-state index contributed by atoms with van der Waals surface area (Å²) in [5.41, 5.74) is 7.10. The molecule has 0 saturated carbocycles. The first kappa shape index (κ1) is 18.2. The van der Waals surface area contributed by atoms with Gasteiger partial charge in [-0.3, -0.25) is 5.73 Å². The summed E-state index contributed by atoms with van der Waals surface area (Å²) in [6.07, 6.45) is 4.35. The fourth-order valence-electron chi connectivity index (χ4n) is 1.43. The lowest BCUT2D eigenvalue weighted by atomic mass is 10.1. The summed E-state index contributed by atoms with van der Waals surface area (Å²) in [4.78, 5) is 3.09. The minimum atomic E-state index is 0. The minimum absolute atomic E-state index is 0. The zero-order chi connectivity index (χ0) is 11.8. The Labute approximate surface area is 111 Å². The first-order valence-electron chi connectivity index (χ1n) is 5.77. The van der Waals surface area contributed by atoms with Crippen LogP contribution in [-0.2, 0) is 0 Å². The molecule has 0 radical (unpaired) electrons. The SMILES string of the molecule is CCC/C(C)=C(Cl)\[NH+]=C(\N)C(C)CCC.[Cl-]. The zero-order valence-electron chi connectivity index (χ0n) is 10.7. The van der Waals surface area contributed by atoms with E-state index in [1.165, 1.54) is 5.57 Å². The standard InChI is InChI=1S/C12H23ClN2.ClH/c1-5-7-9(3)11(13)15-12(14)10(4)8-6-2;/h10H,5-8H2,1-4H3,(H2,14,15);1H/b11-9-;. The molecule has 2 nitrogen and oxygen atoms in total. The van der Waals surface area contributed by atoms with Gasteiger partial charge in [0, 0.05) is 0 Å². The van der Waals surface area contributed by atoms with E-state index in [-0.39, 0.29) is 12.4 Å². The summed E-state index contributed by atoms with van der Waals surface area (Å²) in [6, 6.07) is 0. The quantitative estimate of drug-likeness (QED) is 0.367. The van der Waals surface area contributed by atoms with E-state index in [1.54, 1.807) is 0 Å². The molecular formula is C12H24Cl2N2. The van der Waals surface area contributed by atoms with Crippen molar-refractivity contribution in [2.45, 2.75) is 53.4 Å². The molecule has 0 fully saturated rings. The molecule has 0 rings (SSSR count). The van der Waals surface area contributed by atoms with Gasteiger partial charge in [0.15, 0.2) is 5.16 Å². The number of rotatable bonds is 6. The van der Waals surface area contributed by atoms with Crippen molar-refractivity contribution < 1.29 is 17.4 Å². The minimum Gasteiger partial charge on any atom is -1.00 e. The predicted octanol–water partition coefficient (Wildman–Crippen LogP) is -0.865. The van der Waals surface area contributed by atoms with Gasteiger partial charge in [0.2, 0.25) is 5.84 Å². The molecule has 0 aromatic heterocycles. The third-order valence-electron chi connectivity index (χ3n) is 2.51. The summed E-state index contributed by atoms with van der Waals surface area (Å²) in [7, 11) is 0. The second-order valence-corrected chi connectivity index (χ2v) is 4.49. The number of hydrogen-bond donors (Lipinski definition) is 2. The van der Waals surface area contributed by atoms with E-state index in [4.69, 9.17) is 17.3 Å². The van der Waals surface area contributed by atoms with Crippen LogP contribution in [0.4, 0.5) is 0 Å². The van der Waals surface area contributed by atoms with E-state index < -0.39 is 0 Å². The van der Waals surface area contributed by atoms with Gasteiger partial charge in [-0.25, -0.2) is 4.99 Å². The summed E-state index contributed by atoms with van der Waals surface area (Å²) < 4.78 is 0. The number of halogens is 2. The molecule has 0 bridgehead atoms. The van der Waals surface area contributed by atoms with Crippen molar-refractivity contribution in [3.63, 3.8) is 0 Å². The molecule has 0 aromatic rings. The van der Waals surface area contributed by atoms with Crippen molar-refractivity contribution in [2.75, 3.05) is 0 Å². The molecule has 96 valence electrons. The second-order valence-electron chi connectivity index (χ2n) is 4.11. The van der Waals surface area contributed by atoms with E-state index in [0.717, 1.165) is 31.5 Å². The van der Waals surface area contributed by atoms with E-state index >= 15 is 0 Å². The Bertz CT molecular complexity index is 247. The zero-order valence-corrected chi connectivity index (χ0v) is 12.3. The first-order valence-corrected chi connectivity index (χ1v) is 6.15. The fourth-order valence-corrected chi connectivity index (χ4v) is 1.63. The lowest BCUT2D eigenvalue weighted by Crippen LogP contribution is -3.00. The van der Waals surface area contributed by atoms with Gasteiger partial charge >= 0.3 is 0 Å². The molecule has 0 aliphatic carbocycles. The maximum atomic E-state index is 6.12. The Balaban J connectivity index is 0. The molecule has 0 aliphatic rings. The van der Waals surface area contributed by atoms with Gasteiger partial charge in [0.05, 0.1) is 5.92 Å². The van der Waals surface area contributed by atoms with Crippen molar-refractivity contribution in [2.24, 2.45) is 11.7 Å². The molecule has 0 saturated heterocycles. The van der Waals surface area contributed by atoms with Crippen LogP contribution in [0.25, 0.3) is 0 Å². The van der Waals surface area contributed by atoms with Gasteiger partial charge in [-0.2, -0.15) is 0 Å². The first-order chi connectivity index (χ1) is 7.02. The van der Waals surface area contributed by atoms with Crippen LogP contribution in [0.5, 0.6) is 0 Å². The van der Waals surface area contributed by atoms with Gasteiger partial charge in [-0.15, -0.1) is 0 Å². The van der Waals surface area contributed by atoms with E-state index in [1.807, 2.05) is 6.92 Å². The van der Waals surface area contributed by atoms with Crippen molar-refractivity contribution in [3.8, 4) is 0 Å². The maximum Gasteiger partial charge on any atom is 0.249 e. The highest BCUT2D eigenvalue weighted by Gasteiger charge is 2.12. The Hall–Kier alpha value is -0.210. The highest BCUT2D eigenvalue weighted by Crippen LogP contribution is 2.08. The Morgan fingerprint density at radius 2 is 1.88 bits per heavy atom. The van der Waals surface area contributed by atoms with Crippen molar-refractivity contribution in [1.82, 2.24) is 0 Å². The van der Waals surface area contributed by atoms with Crippen LogP contribution < -0.4 is 23.1 Å².